The topological polar surface area (TPSA) is 49.4 Å². The molecule has 0 aliphatic rings. The largest absolute Gasteiger partial charge is 0.354 e. The molecule has 0 radical (unpaired) electrons. The maximum absolute atomic E-state index is 13.6. The summed E-state index contributed by atoms with van der Waals surface area (Å²) in [6.07, 6.45) is 2.15. The Hall–Kier alpha value is -2.82. The summed E-state index contributed by atoms with van der Waals surface area (Å²) in [5, 5.41) is 3.87. The van der Waals surface area contributed by atoms with Crippen LogP contribution >= 0.6 is 23.2 Å². The fraction of sp³-hybridized carbons (Fsp3) is 0.310. The first-order chi connectivity index (χ1) is 16.9. The minimum absolute atomic E-state index is 0.0794. The first-order valence-corrected chi connectivity index (χ1v) is 12.7. The van der Waals surface area contributed by atoms with Crippen LogP contribution in [0.2, 0.25) is 10.0 Å². The third-order valence-electron chi connectivity index (χ3n) is 5.91. The Labute approximate surface area is 218 Å². The van der Waals surface area contributed by atoms with Gasteiger partial charge in [-0.05, 0) is 48.6 Å². The highest BCUT2D eigenvalue weighted by Gasteiger charge is 2.30. The van der Waals surface area contributed by atoms with Gasteiger partial charge in [-0.25, -0.2) is 0 Å². The number of aryl methyl sites for hydroxylation is 2. The molecule has 3 aromatic carbocycles. The smallest absolute Gasteiger partial charge is 0.243 e. The standard InChI is InChI=1S/C29H32Cl2N2O2/c1-3-17-32-29(35)27(19-23-7-5-4-6-8-23)33(20-24-13-15-25(30)26(31)18-24)28(34)16-14-22-11-9-21(2)10-12-22/h4-13,15,18,27H,3,14,16-17,19-20H2,1-2H3,(H,32,35)/t27-/m1/s1. The maximum atomic E-state index is 13.6. The van der Waals surface area contributed by atoms with Gasteiger partial charge < -0.3 is 10.2 Å². The quantitative estimate of drug-likeness (QED) is 0.324. The Morgan fingerprint density at radius 1 is 0.886 bits per heavy atom. The van der Waals surface area contributed by atoms with E-state index in [1.807, 2.05) is 74.5 Å². The second kappa shape index (κ2) is 13.3. The van der Waals surface area contributed by atoms with Crippen LogP contribution in [-0.2, 0) is 29.0 Å². The number of nitrogens with zero attached hydrogens (tertiary/aromatic N) is 1. The molecule has 0 unspecified atom stereocenters. The molecular weight excluding hydrogens is 479 g/mol. The number of rotatable bonds is 11. The van der Waals surface area contributed by atoms with Crippen LogP contribution in [0.1, 0.15) is 42.0 Å². The maximum Gasteiger partial charge on any atom is 0.243 e. The molecular formula is C29H32Cl2N2O2. The van der Waals surface area contributed by atoms with Crippen molar-refractivity contribution < 1.29 is 9.59 Å². The van der Waals surface area contributed by atoms with Crippen LogP contribution in [0.25, 0.3) is 0 Å². The van der Waals surface area contributed by atoms with Crippen molar-refractivity contribution in [2.75, 3.05) is 6.54 Å². The minimum atomic E-state index is -0.649. The lowest BCUT2D eigenvalue weighted by Gasteiger charge is -2.32. The summed E-state index contributed by atoms with van der Waals surface area (Å²) in [7, 11) is 0. The summed E-state index contributed by atoms with van der Waals surface area (Å²) in [5.41, 5.74) is 4.09. The average molecular weight is 511 g/mol. The normalized spacial score (nSPS) is 11.7. The molecule has 0 bridgehead atoms. The second-order valence-corrected chi connectivity index (χ2v) is 9.57. The molecule has 3 rings (SSSR count). The average Bonchev–Trinajstić information content (AvgIpc) is 2.86. The molecule has 0 saturated carbocycles. The molecule has 3 aromatic rings. The number of halogens is 2. The Kier molecular flexibility index (Phi) is 10.2. The predicted octanol–water partition coefficient (Wildman–Crippen LogP) is 6.40. The van der Waals surface area contributed by atoms with Crippen molar-refractivity contribution in [1.29, 1.82) is 0 Å². The van der Waals surface area contributed by atoms with Crippen molar-refractivity contribution in [1.82, 2.24) is 10.2 Å². The first-order valence-electron chi connectivity index (χ1n) is 12.0. The Morgan fingerprint density at radius 3 is 2.23 bits per heavy atom. The predicted molar refractivity (Wildman–Crippen MR) is 144 cm³/mol. The summed E-state index contributed by atoms with van der Waals surface area (Å²) in [6.45, 7) is 4.87. The van der Waals surface area contributed by atoms with Gasteiger partial charge in [0.05, 0.1) is 10.0 Å². The monoisotopic (exact) mass is 510 g/mol. The van der Waals surface area contributed by atoms with Gasteiger partial charge in [-0.15, -0.1) is 0 Å². The van der Waals surface area contributed by atoms with Crippen LogP contribution in [-0.4, -0.2) is 29.3 Å². The number of hydrogen-bond acceptors (Lipinski definition) is 2. The SMILES string of the molecule is CCCNC(=O)[C@@H](Cc1ccccc1)N(Cc1ccc(Cl)c(Cl)c1)C(=O)CCc1ccc(C)cc1. The van der Waals surface area contributed by atoms with Crippen molar-refractivity contribution in [3.05, 3.63) is 105 Å². The van der Waals surface area contributed by atoms with E-state index in [1.54, 1.807) is 17.0 Å². The molecule has 0 aromatic heterocycles. The number of amides is 2. The van der Waals surface area contributed by atoms with Gasteiger partial charge in [0.1, 0.15) is 6.04 Å². The van der Waals surface area contributed by atoms with E-state index in [0.717, 1.165) is 23.1 Å². The summed E-state index contributed by atoms with van der Waals surface area (Å²) < 4.78 is 0. The molecule has 1 N–H and O–H groups in total. The molecule has 1 atom stereocenters. The molecule has 0 saturated heterocycles. The Morgan fingerprint density at radius 2 is 1.57 bits per heavy atom. The van der Waals surface area contributed by atoms with E-state index in [4.69, 9.17) is 23.2 Å². The highest BCUT2D eigenvalue weighted by Crippen LogP contribution is 2.24. The summed E-state index contributed by atoms with van der Waals surface area (Å²) in [5.74, 6) is -0.233. The van der Waals surface area contributed by atoms with Crippen LogP contribution in [0.3, 0.4) is 0 Å². The highest BCUT2D eigenvalue weighted by molar-refractivity contribution is 6.42. The second-order valence-electron chi connectivity index (χ2n) is 8.75. The zero-order valence-corrected chi connectivity index (χ0v) is 21.8. The lowest BCUT2D eigenvalue weighted by atomic mass is 10.0. The summed E-state index contributed by atoms with van der Waals surface area (Å²) in [4.78, 5) is 28.6. The number of carbonyl (C=O) groups excluding carboxylic acids is 2. The van der Waals surface area contributed by atoms with E-state index in [9.17, 15) is 9.59 Å². The molecule has 184 valence electrons. The fourth-order valence-electron chi connectivity index (χ4n) is 3.90. The lowest BCUT2D eigenvalue weighted by Crippen LogP contribution is -2.50. The van der Waals surface area contributed by atoms with Crippen LogP contribution < -0.4 is 5.32 Å². The Balaban J connectivity index is 1.90. The van der Waals surface area contributed by atoms with Crippen molar-refractivity contribution in [3.63, 3.8) is 0 Å². The molecule has 0 aliphatic heterocycles. The molecule has 0 fully saturated rings. The number of hydrogen-bond donors (Lipinski definition) is 1. The van der Waals surface area contributed by atoms with Crippen molar-refractivity contribution >= 4 is 35.0 Å². The van der Waals surface area contributed by atoms with E-state index < -0.39 is 6.04 Å². The molecule has 2 amide bonds. The van der Waals surface area contributed by atoms with Crippen molar-refractivity contribution in [3.8, 4) is 0 Å². The van der Waals surface area contributed by atoms with E-state index in [-0.39, 0.29) is 18.4 Å². The number of carbonyl (C=O) groups is 2. The van der Waals surface area contributed by atoms with Gasteiger partial charge in [0, 0.05) is 25.9 Å². The van der Waals surface area contributed by atoms with Gasteiger partial charge in [-0.3, -0.25) is 9.59 Å². The minimum Gasteiger partial charge on any atom is -0.354 e. The van der Waals surface area contributed by atoms with Crippen LogP contribution in [0.4, 0.5) is 0 Å². The van der Waals surface area contributed by atoms with E-state index in [2.05, 4.69) is 5.32 Å². The van der Waals surface area contributed by atoms with Crippen LogP contribution in [0.15, 0.2) is 72.8 Å². The third kappa shape index (κ3) is 8.12. The van der Waals surface area contributed by atoms with Crippen LogP contribution in [0.5, 0.6) is 0 Å². The van der Waals surface area contributed by atoms with E-state index >= 15 is 0 Å². The lowest BCUT2D eigenvalue weighted by molar-refractivity contribution is -0.141. The highest BCUT2D eigenvalue weighted by atomic mass is 35.5. The van der Waals surface area contributed by atoms with E-state index in [1.165, 1.54) is 5.56 Å². The van der Waals surface area contributed by atoms with Gasteiger partial charge in [0.2, 0.25) is 11.8 Å². The fourth-order valence-corrected chi connectivity index (χ4v) is 4.22. The van der Waals surface area contributed by atoms with Crippen molar-refractivity contribution in [2.24, 2.45) is 0 Å². The van der Waals surface area contributed by atoms with Gasteiger partial charge in [0.15, 0.2) is 0 Å². The third-order valence-corrected chi connectivity index (χ3v) is 6.64. The van der Waals surface area contributed by atoms with E-state index in [0.29, 0.717) is 35.9 Å². The molecule has 0 spiro atoms. The molecule has 0 aliphatic carbocycles. The number of benzene rings is 3. The Bertz CT molecular complexity index is 1120. The van der Waals surface area contributed by atoms with Crippen LogP contribution in [0, 0.1) is 6.92 Å². The molecule has 4 nitrogen and oxygen atoms in total. The van der Waals surface area contributed by atoms with Gasteiger partial charge in [-0.2, -0.15) is 0 Å². The van der Waals surface area contributed by atoms with Gasteiger partial charge >= 0.3 is 0 Å². The summed E-state index contributed by atoms with van der Waals surface area (Å²) in [6, 6.07) is 22.6. The molecule has 0 heterocycles. The number of nitrogens with one attached hydrogen (secondary N) is 1. The zero-order valence-electron chi connectivity index (χ0n) is 20.3. The first kappa shape index (κ1) is 26.8. The van der Waals surface area contributed by atoms with Gasteiger partial charge in [0.25, 0.3) is 0 Å². The van der Waals surface area contributed by atoms with Gasteiger partial charge in [-0.1, -0.05) is 96.4 Å². The van der Waals surface area contributed by atoms with Crippen molar-refractivity contribution in [2.45, 2.75) is 52.1 Å². The zero-order chi connectivity index (χ0) is 25.2. The molecule has 6 heteroatoms. The molecule has 35 heavy (non-hydrogen) atoms. The summed E-state index contributed by atoms with van der Waals surface area (Å²) >= 11 is 12.4.